The van der Waals surface area contributed by atoms with Crippen LogP contribution in [0.15, 0.2) is 24.3 Å². The maximum absolute atomic E-state index is 4.39. The van der Waals surface area contributed by atoms with Gasteiger partial charge in [-0.1, -0.05) is 12.1 Å². The number of aromatic nitrogens is 2. The Bertz CT molecular complexity index is 564. The molecule has 94 valence electrons. The largest absolute Gasteiger partial charge is 0.373 e. The minimum Gasteiger partial charge on any atom is -0.373 e. The van der Waals surface area contributed by atoms with Gasteiger partial charge in [-0.3, -0.25) is 0 Å². The van der Waals surface area contributed by atoms with E-state index in [-0.39, 0.29) is 0 Å². The second kappa shape index (κ2) is 5.04. The maximum Gasteiger partial charge on any atom is 0.136 e. The molecule has 0 radical (unpaired) electrons. The Kier molecular flexibility index (Phi) is 3.46. The zero-order chi connectivity index (χ0) is 13.1. The van der Waals surface area contributed by atoms with E-state index in [1.807, 2.05) is 20.0 Å². The lowest BCUT2D eigenvalue weighted by Gasteiger charge is -2.11. The molecule has 2 rings (SSSR count). The normalized spacial score (nSPS) is 10.2. The SMILES string of the molecule is CNc1cc(Nc2cc(C)ccc2C)nc(C)n1. The molecular formula is C14H18N4. The first-order valence-electron chi connectivity index (χ1n) is 5.96. The summed E-state index contributed by atoms with van der Waals surface area (Å²) >= 11 is 0. The van der Waals surface area contributed by atoms with Crippen molar-refractivity contribution in [1.82, 2.24) is 9.97 Å². The van der Waals surface area contributed by atoms with Crippen LogP contribution in [0, 0.1) is 20.8 Å². The van der Waals surface area contributed by atoms with E-state index in [0.29, 0.717) is 0 Å². The third-order valence-corrected chi connectivity index (χ3v) is 2.75. The fourth-order valence-corrected chi connectivity index (χ4v) is 1.77. The first kappa shape index (κ1) is 12.4. The molecule has 4 nitrogen and oxygen atoms in total. The minimum absolute atomic E-state index is 0.745. The minimum atomic E-state index is 0.745. The quantitative estimate of drug-likeness (QED) is 0.868. The fraction of sp³-hybridized carbons (Fsp3) is 0.286. The van der Waals surface area contributed by atoms with Crippen molar-refractivity contribution in [3.63, 3.8) is 0 Å². The number of anilines is 3. The second-order valence-electron chi connectivity index (χ2n) is 4.38. The zero-order valence-corrected chi connectivity index (χ0v) is 11.2. The van der Waals surface area contributed by atoms with Gasteiger partial charge in [-0.15, -0.1) is 0 Å². The molecule has 1 aromatic heterocycles. The Morgan fingerprint density at radius 2 is 1.67 bits per heavy atom. The van der Waals surface area contributed by atoms with Crippen molar-refractivity contribution in [3.8, 4) is 0 Å². The highest BCUT2D eigenvalue weighted by Gasteiger charge is 2.03. The van der Waals surface area contributed by atoms with Crippen LogP contribution in [0.25, 0.3) is 0 Å². The van der Waals surface area contributed by atoms with Gasteiger partial charge in [0.1, 0.15) is 17.5 Å². The smallest absolute Gasteiger partial charge is 0.136 e. The van der Waals surface area contributed by atoms with Crippen molar-refractivity contribution in [2.45, 2.75) is 20.8 Å². The van der Waals surface area contributed by atoms with Gasteiger partial charge in [-0.2, -0.15) is 0 Å². The van der Waals surface area contributed by atoms with Gasteiger partial charge >= 0.3 is 0 Å². The van der Waals surface area contributed by atoms with Crippen molar-refractivity contribution in [2.75, 3.05) is 17.7 Å². The third kappa shape index (κ3) is 2.77. The van der Waals surface area contributed by atoms with Gasteiger partial charge in [0.15, 0.2) is 0 Å². The summed E-state index contributed by atoms with van der Waals surface area (Å²) in [5, 5.41) is 6.37. The summed E-state index contributed by atoms with van der Waals surface area (Å²) in [6, 6.07) is 8.22. The van der Waals surface area contributed by atoms with Gasteiger partial charge in [-0.05, 0) is 38.0 Å². The first-order chi connectivity index (χ1) is 8.58. The molecule has 1 aromatic carbocycles. The van der Waals surface area contributed by atoms with Gasteiger partial charge in [0.25, 0.3) is 0 Å². The fourth-order valence-electron chi connectivity index (χ4n) is 1.77. The summed E-state index contributed by atoms with van der Waals surface area (Å²) in [4.78, 5) is 8.66. The average Bonchev–Trinajstić information content (AvgIpc) is 2.33. The Morgan fingerprint density at radius 1 is 0.944 bits per heavy atom. The van der Waals surface area contributed by atoms with Crippen LogP contribution in [0.1, 0.15) is 17.0 Å². The predicted octanol–water partition coefficient (Wildman–Crippen LogP) is 3.19. The second-order valence-corrected chi connectivity index (χ2v) is 4.38. The highest BCUT2D eigenvalue weighted by atomic mass is 15.1. The summed E-state index contributed by atoms with van der Waals surface area (Å²) in [5.41, 5.74) is 3.50. The molecule has 0 saturated carbocycles. The zero-order valence-electron chi connectivity index (χ0n) is 11.2. The standard InChI is InChI=1S/C14H18N4/c1-9-5-6-10(2)12(7-9)18-14-8-13(15-4)16-11(3)17-14/h5-8H,1-4H3,(H2,15,16,17,18). The summed E-state index contributed by atoms with van der Waals surface area (Å²) in [6.45, 7) is 6.04. The Hall–Kier alpha value is -2.10. The van der Waals surface area contributed by atoms with Gasteiger partial charge in [0.05, 0.1) is 0 Å². The monoisotopic (exact) mass is 242 g/mol. The van der Waals surface area contributed by atoms with Crippen molar-refractivity contribution in [1.29, 1.82) is 0 Å². The van der Waals surface area contributed by atoms with Gasteiger partial charge < -0.3 is 10.6 Å². The average molecular weight is 242 g/mol. The molecule has 0 aliphatic heterocycles. The van der Waals surface area contributed by atoms with E-state index in [0.717, 1.165) is 23.1 Å². The van der Waals surface area contributed by atoms with Crippen LogP contribution in [0.4, 0.5) is 17.3 Å². The molecule has 0 spiro atoms. The summed E-state index contributed by atoms with van der Waals surface area (Å²) in [5.74, 6) is 2.37. The Balaban J connectivity index is 2.33. The van der Waals surface area contributed by atoms with Crippen LogP contribution in [0.3, 0.4) is 0 Å². The molecule has 1 heterocycles. The van der Waals surface area contributed by atoms with E-state index in [1.54, 1.807) is 0 Å². The summed E-state index contributed by atoms with van der Waals surface area (Å²) in [6.07, 6.45) is 0. The number of hydrogen-bond donors (Lipinski definition) is 2. The van der Waals surface area contributed by atoms with E-state index in [2.05, 4.69) is 52.6 Å². The lowest BCUT2D eigenvalue weighted by atomic mass is 10.1. The number of nitrogens with one attached hydrogen (secondary N) is 2. The van der Waals surface area contributed by atoms with Crippen molar-refractivity contribution >= 4 is 17.3 Å². The van der Waals surface area contributed by atoms with Gasteiger partial charge in [0, 0.05) is 18.8 Å². The Morgan fingerprint density at radius 3 is 2.39 bits per heavy atom. The van der Waals surface area contributed by atoms with Crippen LogP contribution in [0.2, 0.25) is 0 Å². The molecule has 0 unspecified atom stereocenters. The van der Waals surface area contributed by atoms with Crippen LogP contribution in [-0.4, -0.2) is 17.0 Å². The highest BCUT2D eigenvalue weighted by molar-refractivity contribution is 5.63. The topological polar surface area (TPSA) is 49.8 Å². The summed E-state index contributed by atoms with van der Waals surface area (Å²) in [7, 11) is 1.85. The number of aryl methyl sites for hydroxylation is 3. The Labute approximate surface area is 107 Å². The van der Waals surface area contributed by atoms with Crippen LogP contribution < -0.4 is 10.6 Å². The van der Waals surface area contributed by atoms with E-state index < -0.39 is 0 Å². The number of nitrogens with zero attached hydrogens (tertiary/aromatic N) is 2. The van der Waals surface area contributed by atoms with Crippen molar-refractivity contribution < 1.29 is 0 Å². The molecule has 4 heteroatoms. The number of hydrogen-bond acceptors (Lipinski definition) is 4. The molecule has 2 aromatic rings. The van der Waals surface area contributed by atoms with Gasteiger partial charge in [0.2, 0.25) is 0 Å². The molecular weight excluding hydrogens is 224 g/mol. The van der Waals surface area contributed by atoms with Crippen LogP contribution in [0.5, 0.6) is 0 Å². The van der Waals surface area contributed by atoms with Crippen molar-refractivity contribution in [2.24, 2.45) is 0 Å². The molecule has 0 saturated heterocycles. The van der Waals surface area contributed by atoms with Crippen molar-refractivity contribution in [3.05, 3.63) is 41.2 Å². The van der Waals surface area contributed by atoms with Crippen LogP contribution in [-0.2, 0) is 0 Å². The molecule has 0 atom stereocenters. The molecule has 0 bridgehead atoms. The van der Waals surface area contributed by atoms with E-state index in [4.69, 9.17) is 0 Å². The first-order valence-corrected chi connectivity index (χ1v) is 5.96. The molecule has 18 heavy (non-hydrogen) atoms. The number of benzene rings is 1. The molecule has 0 fully saturated rings. The number of rotatable bonds is 3. The van der Waals surface area contributed by atoms with E-state index in [9.17, 15) is 0 Å². The third-order valence-electron chi connectivity index (χ3n) is 2.75. The lowest BCUT2D eigenvalue weighted by Crippen LogP contribution is -2.02. The van der Waals surface area contributed by atoms with E-state index >= 15 is 0 Å². The highest BCUT2D eigenvalue weighted by Crippen LogP contribution is 2.21. The van der Waals surface area contributed by atoms with Crippen LogP contribution >= 0.6 is 0 Å². The molecule has 2 N–H and O–H groups in total. The molecule has 0 aliphatic carbocycles. The predicted molar refractivity (Wildman–Crippen MR) is 75.5 cm³/mol. The summed E-state index contributed by atoms with van der Waals surface area (Å²) < 4.78 is 0. The lowest BCUT2D eigenvalue weighted by molar-refractivity contribution is 1.05. The maximum atomic E-state index is 4.39. The van der Waals surface area contributed by atoms with Gasteiger partial charge in [-0.25, -0.2) is 9.97 Å². The molecule has 0 amide bonds. The van der Waals surface area contributed by atoms with E-state index in [1.165, 1.54) is 11.1 Å². The molecule has 0 aliphatic rings.